The van der Waals surface area contributed by atoms with Crippen LogP contribution in [0.5, 0.6) is 0 Å². The van der Waals surface area contributed by atoms with Crippen LogP contribution in [0, 0.1) is 0 Å². The molecule has 1 aliphatic rings. The molecule has 0 bridgehead atoms. The van der Waals surface area contributed by atoms with Crippen LogP contribution in [0.25, 0.3) is 22.5 Å². The molecule has 1 saturated heterocycles. The Hall–Kier alpha value is -0.700. The van der Waals surface area contributed by atoms with E-state index in [9.17, 15) is 9.36 Å². The van der Waals surface area contributed by atoms with E-state index >= 15 is 0 Å². The number of phosphoric ester groups is 1. The first-order chi connectivity index (χ1) is 15.3. The second-order valence-electron chi connectivity index (χ2n) is 7.38. The average molecular weight is 560 g/mol. The van der Waals surface area contributed by atoms with Gasteiger partial charge in [0.25, 0.3) is 0 Å². The first-order valence-corrected chi connectivity index (χ1v) is 11.8. The van der Waals surface area contributed by atoms with E-state index in [0.717, 1.165) is 28.2 Å². The minimum absolute atomic E-state index is 0. The van der Waals surface area contributed by atoms with Crippen LogP contribution in [0.2, 0.25) is 5.02 Å². The molecular weight excluding hydrogens is 535 g/mol. The Balaban J connectivity index is 0.00000306. The van der Waals surface area contributed by atoms with Crippen molar-refractivity contribution in [3.05, 3.63) is 53.6 Å². The van der Waals surface area contributed by atoms with E-state index in [2.05, 4.69) is 24.7 Å². The number of amides is 1. The van der Waals surface area contributed by atoms with Crippen molar-refractivity contribution < 1.29 is 34.6 Å². The summed E-state index contributed by atoms with van der Waals surface area (Å²) in [5.41, 5.74) is 4.19. The summed E-state index contributed by atoms with van der Waals surface area (Å²) in [7, 11) is -4.68. The summed E-state index contributed by atoms with van der Waals surface area (Å²) in [6.07, 6.45) is 4.47. The second-order valence-corrected chi connectivity index (χ2v) is 9.06. The van der Waals surface area contributed by atoms with Crippen LogP contribution in [0.15, 0.2) is 42.9 Å². The first kappa shape index (κ1) is 35.3. The van der Waals surface area contributed by atoms with Crippen molar-refractivity contribution in [2.24, 2.45) is 0 Å². The van der Waals surface area contributed by atoms with E-state index in [0.29, 0.717) is 31.0 Å². The molecule has 0 unspecified atom stereocenters. The molecular formula is C20H25ClN5Na2O7P. The fraction of sp³-hybridized carbons (Fsp3) is 0.300. The minimum Gasteiger partial charge on any atom is -0.412 e. The maximum Gasteiger partial charge on any atom is 0.470 e. The molecule has 16 heteroatoms. The molecule has 2 radical (unpaired) electrons. The third kappa shape index (κ3) is 8.95. The second kappa shape index (κ2) is 15.6. The number of phosphoric acid groups is 1. The van der Waals surface area contributed by atoms with E-state index in [4.69, 9.17) is 21.4 Å². The summed E-state index contributed by atoms with van der Waals surface area (Å²) in [6, 6.07) is 9.23. The number of nitrogens with one attached hydrogen (secondary N) is 1. The van der Waals surface area contributed by atoms with Gasteiger partial charge in [0.05, 0.1) is 5.69 Å². The van der Waals surface area contributed by atoms with Gasteiger partial charge in [-0.2, -0.15) is 5.10 Å². The Labute approximate surface area is 256 Å². The number of carbonyl (C=O) groups is 1. The average Bonchev–Trinajstić information content (AvgIpc) is 3.23. The van der Waals surface area contributed by atoms with Gasteiger partial charge in [-0.3, -0.25) is 14.4 Å². The normalized spacial score (nSPS) is 13.5. The van der Waals surface area contributed by atoms with Gasteiger partial charge in [-0.25, -0.2) is 14.5 Å². The van der Waals surface area contributed by atoms with Crippen LogP contribution >= 0.6 is 19.4 Å². The molecule has 1 fully saturated rings. The van der Waals surface area contributed by atoms with Crippen molar-refractivity contribution in [2.75, 3.05) is 19.7 Å². The molecule has 0 spiro atoms. The van der Waals surface area contributed by atoms with Gasteiger partial charge in [0.1, 0.15) is 18.6 Å². The topological polar surface area (TPSA) is 205 Å². The van der Waals surface area contributed by atoms with Gasteiger partial charge in [0.2, 0.25) is 5.91 Å². The van der Waals surface area contributed by atoms with Crippen LogP contribution in [-0.2, 0) is 13.9 Å². The number of halogens is 1. The molecule has 0 saturated carbocycles. The molecule has 7 N–H and O–H groups in total. The summed E-state index contributed by atoms with van der Waals surface area (Å²) in [5, 5.41) is 8.37. The summed E-state index contributed by atoms with van der Waals surface area (Å²) in [6.45, 7) is 0.227. The van der Waals surface area contributed by atoms with Crippen molar-refractivity contribution in [1.82, 2.24) is 25.1 Å². The molecule has 3 heterocycles. The number of aromatic amines is 1. The van der Waals surface area contributed by atoms with E-state index in [-0.39, 0.29) is 76.0 Å². The van der Waals surface area contributed by atoms with Crippen molar-refractivity contribution >= 4 is 84.4 Å². The molecule has 1 aliphatic heterocycles. The summed E-state index contributed by atoms with van der Waals surface area (Å²) in [5.74, 6) is -0.352. The number of H-pyrrole nitrogens is 1. The summed E-state index contributed by atoms with van der Waals surface area (Å²) < 4.78 is 15.2. The number of carbonyl (C=O) groups excluding carboxylic acids is 1. The van der Waals surface area contributed by atoms with Gasteiger partial charge in [-0.05, 0) is 31.0 Å². The Morgan fingerprint density at radius 3 is 2.33 bits per heavy atom. The molecule has 36 heavy (non-hydrogen) atoms. The SMILES string of the molecule is O.O.O=C(COP(=O)(O)O)N1CCC(c2[nH]nc(-c3ccc(Cl)cc3)c2-c2ccncn2)CC1.[Na].[Na]. The Morgan fingerprint density at radius 1 is 1.14 bits per heavy atom. The number of hydrogen-bond donors (Lipinski definition) is 3. The molecule has 2 aromatic heterocycles. The first-order valence-electron chi connectivity index (χ1n) is 9.90. The summed E-state index contributed by atoms with van der Waals surface area (Å²) >= 11 is 6.04. The van der Waals surface area contributed by atoms with Gasteiger partial charge in [-0.1, -0.05) is 23.7 Å². The number of nitrogens with zero attached hydrogens (tertiary/aromatic N) is 4. The van der Waals surface area contributed by atoms with Crippen molar-refractivity contribution in [3.8, 4) is 22.5 Å². The molecule has 3 aromatic rings. The number of benzene rings is 1. The predicted octanol–water partition coefficient (Wildman–Crippen LogP) is 0.591. The number of piperidine rings is 1. The largest absolute Gasteiger partial charge is 0.470 e. The predicted molar refractivity (Wildman–Crippen MR) is 135 cm³/mol. The molecule has 0 atom stereocenters. The number of hydrogen-bond acceptors (Lipinski definition) is 6. The fourth-order valence-electron chi connectivity index (χ4n) is 3.81. The third-order valence-corrected chi connectivity index (χ3v) is 6.08. The zero-order chi connectivity index (χ0) is 22.7. The zero-order valence-electron chi connectivity index (χ0n) is 19.9. The number of rotatable bonds is 6. The van der Waals surface area contributed by atoms with Crippen LogP contribution in [-0.4, -0.2) is 131 Å². The Morgan fingerprint density at radius 2 is 1.78 bits per heavy atom. The van der Waals surface area contributed by atoms with Gasteiger partial charge in [0.15, 0.2) is 0 Å². The standard InChI is InChI=1S/C20H21ClN5O5P.2Na.2H2O/c21-15-3-1-13(2-4-15)19-18(16-5-8-22-12-23-16)20(25-24-19)14-6-9-26(10-7-14)17(27)11-31-32(28,29)30;;;;/h1-5,8,12,14H,6-7,9-11H2,(H,24,25)(H2,28,29,30);;;2*1H2. The van der Waals surface area contributed by atoms with E-state index in [1.807, 2.05) is 18.2 Å². The Bertz CT molecular complexity index is 1140. The van der Waals surface area contributed by atoms with Crippen molar-refractivity contribution in [1.29, 1.82) is 0 Å². The van der Waals surface area contributed by atoms with Crippen LogP contribution in [0.4, 0.5) is 0 Å². The minimum atomic E-state index is -4.68. The van der Waals surface area contributed by atoms with Crippen molar-refractivity contribution in [2.45, 2.75) is 18.8 Å². The Kier molecular flexibility index (Phi) is 15.3. The molecule has 4 rings (SSSR count). The van der Waals surface area contributed by atoms with Gasteiger partial charge >= 0.3 is 7.82 Å². The van der Waals surface area contributed by atoms with Gasteiger partial charge in [-0.15, -0.1) is 0 Å². The molecule has 1 amide bonds. The van der Waals surface area contributed by atoms with Crippen LogP contribution < -0.4 is 0 Å². The smallest absolute Gasteiger partial charge is 0.412 e. The van der Waals surface area contributed by atoms with Crippen LogP contribution in [0.1, 0.15) is 24.5 Å². The monoisotopic (exact) mass is 559 g/mol. The maximum atomic E-state index is 12.2. The third-order valence-electron chi connectivity index (χ3n) is 5.36. The number of likely N-dealkylation sites (tertiary alicyclic amines) is 1. The van der Waals surface area contributed by atoms with Gasteiger partial charge in [0, 0.05) is 106 Å². The molecule has 186 valence electrons. The quantitative estimate of drug-likeness (QED) is 0.287. The van der Waals surface area contributed by atoms with E-state index in [1.165, 1.54) is 6.33 Å². The fourth-order valence-corrected chi connectivity index (χ4v) is 4.22. The summed E-state index contributed by atoms with van der Waals surface area (Å²) in [4.78, 5) is 39.8. The maximum absolute atomic E-state index is 12.2. The van der Waals surface area contributed by atoms with E-state index in [1.54, 1.807) is 23.2 Å². The molecule has 0 aliphatic carbocycles. The zero-order valence-corrected chi connectivity index (χ0v) is 25.5. The van der Waals surface area contributed by atoms with Crippen molar-refractivity contribution in [3.63, 3.8) is 0 Å². The molecule has 1 aromatic carbocycles. The van der Waals surface area contributed by atoms with E-state index < -0.39 is 20.3 Å². The number of aromatic nitrogens is 4. The molecule has 12 nitrogen and oxygen atoms in total. The van der Waals surface area contributed by atoms with Crippen LogP contribution in [0.3, 0.4) is 0 Å². The van der Waals surface area contributed by atoms with Gasteiger partial charge < -0.3 is 25.6 Å².